The summed E-state index contributed by atoms with van der Waals surface area (Å²) in [5.41, 5.74) is -3.63. The van der Waals surface area contributed by atoms with Crippen LogP contribution in [0.4, 0.5) is 13.2 Å². The second kappa shape index (κ2) is 11.0. The van der Waals surface area contributed by atoms with Crippen LogP contribution in [0.25, 0.3) is 0 Å². The Labute approximate surface area is 184 Å². The van der Waals surface area contributed by atoms with E-state index in [9.17, 15) is 23.1 Å². The molecule has 0 saturated carbocycles. The topological polar surface area (TPSA) is 55.8 Å². The Morgan fingerprint density at radius 3 is 2.06 bits per heavy atom. The number of hydrogen-bond acceptors (Lipinski definition) is 5. The molecule has 0 saturated heterocycles. The third kappa shape index (κ3) is 5.61. The van der Waals surface area contributed by atoms with Gasteiger partial charge in [0.2, 0.25) is 0 Å². The zero-order chi connectivity index (χ0) is 23.1. The molecule has 4 nitrogen and oxygen atoms in total. The van der Waals surface area contributed by atoms with Crippen LogP contribution in [0.3, 0.4) is 0 Å². The Hall–Kier alpha value is -2.03. The fourth-order valence-electron chi connectivity index (χ4n) is 3.31. The van der Waals surface area contributed by atoms with Gasteiger partial charge in [-0.15, -0.1) is 11.8 Å². The highest BCUT2D eigenvalue weighted by Crippen LogP contribution is 2.44. The molecule has 0 heterocycles. The Morgan fingerprint density at radius 2 is 1.61 bits per heavy atom. The lowest BCUT2D eigenvalue weighted by molar-refractivity contribution is -0.279. The second-order valence-corrected chi connectivity index (χ2v) is 8.47. The Kier molecular flexibility index (Phi) is 8.97. The van der Waals surface area contributed by atoms with Gasteiger partial charge in [-0.05, 0) is 18.6 Å². The predicted octanol–water partition coefficient (Wildman–Crippen LogP) is 5.20. The molecule has 0 amide bonds. The summed E-state index contributed by atoms with van der Waals surface area (Å²) in [5.74, 6) is -2.13. The maximum absolute atomic E-state index is 14.2. The number of aliphatic hydroxyl groups is 1. The monoisotopic (exact) mass is 456 g/mol. The lowest BCUT2D eigenvalue weighted by Gasteiger charge is -2.36. The van der Waals surface area contributed by atoms with Crippen LogP contribution < -0.4 is 0 Å². The first-order chi connectivity index (χ1) is 14.7. The fraction of sp³-hybridized carbons (Fsp3) is 0.435. The summed E-state index contributed by atoms with van der Waals surface area (Å²) in [6, 6.07) is 16.0. The maximum Gasteiger partial charge on any atom is 0.432 e. The van der Waals surface area contributed by atoms with E-state index in [0.717, 1.165) is 12.0 Å². The summed E-state index contributed by atoms with van der Waals surface area (Å²) in [6.07, 6.45) is -5.51. The van der Waals surface area contributed by atoms with E-state index in [1.54, 1.807) is 13.0 Å². The van der Waals surface area contributed by atoms with Gasteiger partial charge in [0.15, 0.2) is 0 Å². The fourth-order valence-corrected chi connectivity index (χ4v) is 4.60. The van der Waals surface area contributed by atoms with Crippen molar-refractivity contribution in [1.29, 1.82) is 0 Å². The number of methoxy groups -OCH3 is 1. The number of hydrogen-bond donors (Lipinski definition) is 1. The molecule has 8 heteroatoms. The van der Waals surface area contributed by atoms with Crippen LogP contribution >= 0.6 is 11.8 Å². The average molecular weight is 457 g/mol. The number of carbonyl (C=O) groups is 1. The van der Waals surface area contributed by atoms with Crippen molar-refractivity contribution >= 4 is 17.7 Å². The summed E-state index contributed by atoms with van der Waals surface area (Å²) in [4.78, 5) is 14.0. The average Bonchev–Trinajstić information content (AvgIpc) is 2.77. The maximum atomic E-state index is 14.2. The summed E-state index contributed by atoms with van der Waals surface area (Å²) >= 11 is 1.39. The molecular formula is C23H27F3O4S. The van der Waals surface area contributed by atoms with E-state index < -0.39 is 29.8 Å². The third-order valence-corrected chi connectivity index (χ3v) is 6.51. The molecule has 170 valence electrons. The summed E-state index contributed by atoms with van der Waals surface area (Å²) in [5, 5.41) is 9.34. The molecule has 0 spiro atoms. The number of aliphatic hydroxyl groups excluding tert-OH is 1. The molecular weight excluding hydrogens is 429 g/mol. The van der Waals surface area contributed by atoms with E-state index in [1.165, 1.54) is 36.0 Å². The Bertz CT molecular complexity index is 817. The minimum atomic E-state index is -5.05. The summed E-state index contributed by atoms with van der Waals surface area (Å²) in [7, 11) is 0.836. The molecule has 0 aliphatic carbocycles. The van der Waals surface area contributed by atoms with Gasteiger partial charge in [-0.25, -0.2) is 4.79 Å². The first-order valence-electron chi connectivity index (χ1n) is 9.92. The van der Waals surface area contributed by atoms with Crippen molar-refractivity contribution in [1.82, 2.24) is 0 Å². The van der Waals surface area contributed by atoms with Crippen molar-refractivity contribution in [3.8, 4) is 0 Å². The van der Waals surface area contributed by atoms with Crippen molar-refractivity contribution in [3.63, 3.8) is 0 Å². The number of benzene rings is 2. The number of ether oxygens (including phenoxy) is 2. The summed E-state index contributed by atoms with van der Waals surface area (Å²) < 4.78 is 52.9. The molecule has 0 fully saturated rings. The molecule has 0 aliphatic rings. The highest BCUT2D eigenvalue weighted by atomic mass is 32.2. The van der Waals surface area contributed by atoms with Crippen molar-refractivity contribution in [3.05, 3.63) is 66.2 Å². The van der Waals surface area contributed by atoms with Crippen LogP contribution in [0, 0.1) is 5.92 Å². The molecule has 1 N–H and O–H groups in total. The quantitative estimate of drug-likeness (QED) is 0.393. The van der Waals surface area contributed by atoms with Gasteiger partial charge in [-0.3, -0.25) is 0 Å². The van der Waals surface area contributed by atoms with Gasteiger partial charge < -0.3 is 14.6 Å². The Balaban J connectivity index is 2.42. The van der Waals surface area contributed by atoms with Crippen LogP contribution in [-0.2, 0) is 19.9 Å². The van der Waals surface area contributed by atoms with Crippen LogP contribution in [0.1, 0.15) is 25.8 Å². The minimum absolute atomic E-state index is 0.346. The molecule has 31 heavy (non-hydrogen) atoms. The Morgan fingerprint density at radius 1 is 1.06 bits per heavy atom. The highest BCUT2D eigenvalue weighted by Gasteiger charge is 2.64. The first kappa shape index (κ1) is 25.2. The van der Waals surface area contributed by atoms with Gasteiger partial charge in [0, 0.05) is 35.3 Å². The molecule has 1 unspecified atom stereocenters. The van der Waals surface area contributed by atoms with Crippen LogP contribution in [-0.4, -0.2) is 42.3 Å². The largest absolute Gasteiger partial charge is 0.458 e. The van der Waals surface area contributed by atoms with Gasteiger partial charge in [-0.2, -0.15) is 13.2 Å². The standard InChI is InChI=1S/C23H27F3O4S/c1-4-19(31-18-13-9-6-10-14-18)20(16(2)15-27)30-21(28)22(29-3,23(24,25)26)17-11-7-5-8-12-17/h5-14,16,19-20,27H,4,15H2,1-3H3/t16-,19-,20-,22?/m0/s1. The molecule has 0 aliphatic heterocycles. The van der Waals surface area contributed by atoms with Gasteiger partial charge in [0.25, 0.3) is 5.60 Å². The third-order valence-electron chi connectivity index (χ3n) is 5.06. The molecule has 2 aromatic rings. The predicted molar refractivity (Wildman–Crippen MR) is 114 cm³/mol. The van der Waals surface area contributed by atoms with Crippen LogP contribution in [0.5, 0.6) is 0 Å². The van der Waals surface area contributed by atoms with Crippen molar-refractivity contribution in [2.24, 2.45) is 5.92 Å². The van der Waals surface area contributed by atoms with Gasteiger partial charge in [0.1, 0.15) is 6.10 Å². The lowest BCUT2D eigenvalue weighted by atomic mass is 9.92. The number of thioether (sulfide) groups is 1. The van der Waals surface area contributed by atoms with E-state index in [4.69, 9.17) is 9.47 Å². The normalized spacial score (nSPS) is 16.7. The highest BCUT2D eigenvalue weighted by molar-refractivity contribution is 8.00. The number of alkyl halides is 3. The van der Waals surface area contributed by atoms with Crippen molar-refractivity contribution < 1.29 is 32.5 Å². The number of halogens is 3. The molecule has 0 bridgehead atoms. The number of rotatable bonds is 10. The smallest absolute Gasteiger partial charge is 0.432 e. The van der Waals surface area contributed by atoms with E-state index in [-0.39, 0.29) is 17.4 Å². The molecule has 0 aromatic heterocycles. The minimum Gasteiger partial charge on any atom is -0.458 e. The molecule has 2 rings (SSSR count). The summed E-state index contributed by atoms with van der Waals surface area (Å²) in [6.45, 7) is 3.15. The molecule has 2 aromatic carbocycles. The zero-order valence-electron chi connectivity index (χ0n) is 17.6. The van der Waals surface area contributed by atoms with E-state index in [0.29, 0.717) is 6.42 Å². The van der Waals surface area contributed by atoms with Crippen molar-refractivity contribution in [2.45, 2.75) is 48.3 Å². The van der Waals surface area contributed by atoms with Gasteiger partial charge in [-0.1, -0.05) is 62.4 Å². The zero-order valence-corrected chi connectivity index (χ0v) is 18.5. The SMILES string of the molecule is CC[C@H](Sc1ccccc1)[C@@H](OC(=O)C(OC)(c1ccccc1)C(F)(F)F)[C@@H](C)CO. The van der Waals surface area contributed by atoms with Gasteiger partial charge in [0.05, 0.1) is 0 Å². The van der Waals surface area contributed by atoms with Crippen LogP contribution in [0.2, 0.25) is 0 Å². The van der Waals surface area contributed by atoms with Crippen LogP contribution in [0.15, 0.2) is 65.6 Å². The van der Waals surface area contributed by atoms with E-state index >= 15 is 0 Å². The van der Waals surface area contributed by atoms with Gasteiger partial charge >= 0.3 is 12.1 Å². The second-order valence-electron chi connectivity index (χ2n) is 7.16. The van der Waals surface area contributed by atoms with Crippen molar-refractivity contribution in [2.75, 3.05) is 13.7 Å². The molecule has 0 radical (unpaired) electrons. The van der Waals surface area contributed by atoms with E-state index in [2.05, 4.69) is 0 Å². The molecule has 4 atom stereocenters. The first-order valence-corrected chi connectivity index (χ1v) is 10.8. The van der Waals surface area contributed by atoms with E-state index in [1.807, 2.05) is 37.3 Å². The number of carbonyl (C=O) groups excluding carboxylic acids is 1. The lowest BCUT2D eigenvalue weighted by Crippen LogP contribution is -2.53. The number of esters is 1.